The summed E-state index contributed by atoms with van der Waals surface area (Å²) in [7, 11) is 0. The highest BCUT2D eigenvalue weighted by atomic mass is 32.2. The van der Waals surface area contributed by atoms with Gasteiger partial charge in [0, 0.05) is 10.8 Å². The van der Waals surface area contributed by atoms with Gasteiger partial charge in [0.1, 0.15) is 5.75 Å². The van der Waals surface area contributed by atoms with Crippen LogP contribution in [0.15, 0.2) is 16.8 Å². The minimum Gasteiger partial charge on any atom is -0.506 e. The molecule has 0 saturated heterocycles. The lowest BCUT2D eigenvalue weighted by Gasteiger charge is -1.76. The van der Waals surface area contributed by atoms with Crippen LogP contribution in [0.1, 0.15) is 0 Å². The highest BCUT2D eigenvalue weighted by molar-refractivity contribution is 7.37. The van der Waals surface area contributed by atoms with Crippen molar-refractivity contribution in [2.24, 2.45) is 0 Å². The van der Waals surface area contributed by atoms with Crippen molar-refractivity contribution in [1.29, 1.82) is 0 Å². The zero-order valence-electron chi connectivity index (χ0n) is 4.50. The first-order chi connectivity index (χ1) is 4.38. The Morgan fingerprint density at radius 2 is 2.22 bits per heavy atom. The summed E-state index contributed by atoms with van der Waals surface area (Å²) in [6, 6.07) is 1.94. The molecule has 0 saturated carbocycles. The number of aromatic hydroxyl groups is 1. The van der Waals surface area contributed by atoms with Gasteiger partial charge < -0.3 is 5.11 Å². The maximum absolute atomic E-state index is 9.12. The first-order valence-electron chi connectivity index (χ1n) is 2.51. The van der Waals surface area contributed by atoms with Crippen molar-refractivity contribution in [3.63, 3.8) is 0 Å². The van der Waals surface area contributed by atoms with E-state index in [2.05, 4.69) is 0 Å². The molecule has 9 heavy (non-hydrogen) atoms. The Kier molecular flexibility index (Phi) is 1.00. The average Bonchev–Trinajstić information content (AvgIpc) is 2.35. The normalized spacial score (nSPS) is 10.7. The van der Waals surface area contributed by atoms with Crippen molar-refractivity contribution in [2.45, 2.75) is 0 Å². The number of hydrogen-bond donors (Lipinski definition) is 1. The van der Waals surface area contributed by atoms with E-state index in [0.717, 1.165) is 5.39 Å². The number of hydrogen-bond acceptors (Lipinski definition) is 3. The van der Waals surface area contributed by atoms with Gasteiger partial charge in [-0.3, -0.25) is 0 Å². The molecule has 0 fully saturated rings. The van der Waals surface area contributed by atoms with Crippen LogP contribution in [-0.2, 0) is 0 Å². The lowest BCUT2D eigenvalue weighted by Crippen LogP contribution is -1.48. The van der Waals surface area contributed by atoms with Gasteiger partial charge in [0.15, 0.2) is 0 Å². The second-order valence-electron chi connectivity index (χ2n) is 1.74. The van der Waals surface area contributed by atoms with Crippen molar-refractivity contribution in [3.05, 3.63) is 16.8 Å². The fourth-order valence-electron chi connectivity index (χ4n) is 0.749. The molecule has 2 rings (SSSR count). The SMILES string of the molecule is Oc1csc2sccc12. The van der Waals surface area contributed by atoms with Crippen LogP contribution in [0, 0.1) is 0 Å². The van der Waals surface area contributed by atoms with Gasteiger partial charge in [-0.05, 0) is 11.4 Å². The summed E-state index contributed by atoms with van der Waals surface area (Å²) in [5, 5.41) is 13.9. The molecule has 46 valence electrons. The summed E-state index contributed by atoms with van der Waals surface area (Å²) in [5.41, 5.74) is 0. The zero-order valence-corrected chi connectivity index (χ0v) is 6.13. The maximum atomic E-state index is 9.12. The standard InChI is InChI=1S/C6H4OS2/c7-5-3-9-6-4(5)1-2-8-6/h1-3,7H. The van der Waals surface area contributed by atoms with Gasteiger partial charge in [-0.25, -0.2) is 0 Å². The zero-order chi connectivity index (χ0) is 6.27. The lowest BCUT2D eigenvalue weighted by molar-refractivity contribution is 0.484. The van der Waals surface area contributed by atoms with Crippen molar-refractivity contribution in [1.82, 2.24) is 0 Å². The minimum atomic E-state index is 0.413. The summed E-state index contributed by atoms with van der Waals surface area (Å²) in [4.78, 5) is 0. The molecule has 0 bridgehead atoms. The molecule has 0 aromatic carbocycles. The summed E-state index contributed by atoms with van der Waals surface area (Å²) < 4.78 is 1.20. The Labute approximate surface area is 60.2 Å². The highest BCUT2D eigenvalue weighted by Gasteiger charge is 2.00. The smallest absolute Gasteiger partial charge is 0.135 e. The molecular formula is C6H4OS2. The molecule has 2 aromatic rings. The van der Waals surface area contributed by atoms with Gasteiger partial charge in [-0.1, -0.05) is 0 Å². The first-order valence-corrected chi connectivity index (χ1v) is 4.27. The average molecular weight is 156 g/mol. The number of rotatable bonds is 0. The fraction of sp³-hybridized carbons (Fsp3) is 0. The number of fused-ring (bicyclic) bond motifs is 1. The van der Waals surface area contributed by atoms with Crippen molar-refractivity contribution in [3.8, 4) is 5.75 Å². The van der Waals surface area contributed by atoms with E-state index in [1.54, 1.807) is 28.1 Å². The van der Waals surface area contributed by atoms with E-state index in [-0.39, 0.29) is 0 Å². The quantitative estimate of drug-likeness (QED) is 0.621. The van der Waals surface area contributed by atoms with Crippen molar-refractivity contribution in [2.75, 3.05) is 0 Å². The minimum absolute atomic E-state index is 0.413. The fourth-order valence-corrected chi connectivity index (χ4v) is 2.56. The molecule has 0 aliphatic heterocycles. The topological polar surface area (TPSA) is 20.2 Å². The van der Waals surface area contributed by atoms with Crippen LogP contribution in [0.3, 0.4) is 0 Å². The van der Waals surface area contributed by atoms with Gasteiger partial charge in [-0.2, -0.15) is 0 Å². The van der Waals surface area contributed by atoms with Crippen LogP contribution in [0.2, 0.25) is 0 Å². The molecule has 0 aliphatic rings. The predicted octanol–water partition coefficient (Wildman–Crippen LogP) is 2.67. The van der Waals surface area contributed by atoms with Crippen molar-refractivity contribution >= 4 is 32.1 Å². The summed E-state index contributed by atoms with van der Waals surface area (Å²) in [6.45, 7) is 0. The van der Waals surface area contributed by atoms with Gasteiger partial charge in [0.05, 0.1) is 4.01 Å². The Morgan fingerprint density at radius 3 is 3.00 bits per heavy atom. The van der Waals surface area contributed by atoms with Gasteiger partial charge in [0.2, 0.25) is 0 Å². The Morgan fingerprint density at radius 1 is 1.33 bits per heavy atom. The van der Waals surface area contributed by atoms with Crippen LogP contribution >= 0.6 is 22.7 Å². The third kappa shape index (κ3) is 0.653. The predicted molar refractivity (Wildman–Crippen MR) is 41.4 cm³/mol. The van der Waals surface area contributed by atoms with Crippen LogP contribution in [0.4, 0.5) is 0 Å². The molecule has 0 aliphatic carbocycles. The molecule has 2 aromatic heterocycles. The summed E-state index contributed by atoms with van der Waals surface area (Å²) >= 11 is 3.26. The van der Waals surface area contributed by atoms with E-state index in [9.17, 15) is 0 Å². The molecule has 0 unspecified atom stereocenters. The van der Waals surface area contributed by atoms with Gasteiger partial charge in [0.25, 0.3) is 0 Å². The second kappa shape index (κ2) is 1.72. The molecule has 1 nitrogen and oxygen atoms in total. The van der Waals surface area contributed by atoms with Gasteiger partial charge >= 0.3 is 0 Å². The third-order valence-electron chi connectivity index (χ3n) is 1.18. The van der Waals surface area contributed by atoms with E-state index in [0.29, 0.717) is 5.75 Å². The molecule has 0 radical (unpaired) electrons. The highest BCUT2D eigenvalue weighted by Crippen LogP contribution is 2.34. The molecule has 0 atom stereocenters. The summed E-state index contributed by atoms with van der Waals surface area (Å²) in [5.74, 6) is 0.413. The lowest BCUT2D eigenvalue weighted by atomic mass is 10.4. The second-order valence-corrected chi connectivity index (χ2v) is 3.80. The Balaban J connectivity index is 2.99. The Hall–Kier alpha value is -0.540. The maximum Gasteiger partial charge on any atom is 0.135 e. The summed E-state index contributed by atoms with van der Waals surface area (Å²) in [6.07, 6.45) is 0. The molecule has 3 heteroatoms. The Bertz CT molecular complexity index is 320. The van der Waals surface area contributed by atoms with Crippen LogP contribution in [0.5, 0.6) is 5.75 Å². The van der Waals surface area contributed by atoms with Crippen LogP contribution < -0.4 is 0 Å². The molecule has 0 spiro atoms. The van der Waals surface area contributed by atoms with E-state index >= 15 is 0 Å². The first kappa shape index (κ1) is 5.26. The third-order valence-corrected chi connectivity index (χ3v) is 3.24. The van der Waals surface area contributed by atoms with Gasteiger partial charge in [-0.15, -0.1) is 22.7 Å². The monoisotopic (exact) mass is 156 g/mol. The molecule has 1 N–H and O–H groups in total. The van der Waals surface area contributed by atoms with E-state index in [1.165, 1.54) is 4.01 Å². The largest absolute Gasteiger partial charge is 0.506 e. The van der Waals surface area contributed by atoms with E-state index < -0.39 is 0 Å². The molecule has 0 amide bonds. The molecular weight excluding hydrogens is 152 g/mol. The van der Waals surface area contributed by atoms with Crippen molar-refractivity contribution < 1.29 is 5.11 Å². The molecule has 2 heterocycles. The number of thiophene rings is 2. The van der Waals surface area contributed by atoms with Crippen LogP contribution in [0.25, 0.3) is 9.40 Å². The van der Waals surface area contributed by atoms with Crippen LogP contribution in [-0.4, -0.2) is 5.11 Å². The van der Waals surface area contributed by atoms with E-state index in [4.69, 9.17) is 5.11 Å². The van der Waals surface area contributed by atoms with E-state index in [1.807, 2.05) is 11.4 Å².